The number of pyridine rings is 1. The van der Waals surface area contributed by atoms with Crippen LogP contribution >= 0.6 is 23.5 Å². The van der Waals surface area contributed by atoms with Crippen molar-refractivity contribution in [1.29, 1.82) is 0 Å². The molecular formula is C20H19NO2S3. The molecule has 0 fully saturated rings. The second-order valence-corrected chi connectivity index (χ2v) is 9.47. The highest BCUT2D eigenvalue weighted by Gasteiger charge is 2.11. The lowest BCUT2D eigenvalue weighted by Crippen LogP contribution is -1.96. The van der Waals surface area contributed by atoms with Crippen LogP contribution in [-0.4, -0.2) is 32.2 Å². The van der Waals surface area contributed by atoms with E-state index in [0.717, 1.165) is 27.4 Å². The molecule has 0 aliphatic rings. The standard InChI is InChI=1S/C20H19NO2S3/c1-24-16-8-4-15(5-9-16)19-13-12-18(20(21-19)25-2)14-6-10-17(11-7-14)26(3,22)23/h4-13H,1-3H3. The summed E-state index contributed by atoms with van der Waals surface area (Å²) in [5.41, 5.74) is 3.97. The van der Waals surface area contributed by atoms with Crippen molar-refractivity contribution in [2.75, 3.05) is 18.8 Å². The van der Waals surface area contributed by atoms with E-state index in [1.54, 1.807) is 35.7 Å². The first-order valence-corrected chi connectivity index (χ1v) is 12.3. The minimum absolute atomic E-state index is 0.324. The fourth-order valence-corrected chi connectivity index (χ4v) is 4.25. The summed E-state index contributed by atoms with van der Waals surface area (Å²) in [6.45, 7) is 0. The van der Waals surface area contributed by atoms with Gasteiger partial charge in [0.2, 0.25) is 0 Å². The lowest BCUT2D eigenvalue weighted by atomic mass is 10.1. The van der Waals surface area contributed by atoms with Crippen molar-refractivity contribution in [3.05, 3.63) is 60.7 Å². The van der Waals surface area contributed by atoms with Gasteiger partial charge in [0.1, 0.15) is 5.03 Å². The molecule has 0 aliphatic heterocycles. The summed E-state index contributed by atoms with van der Waals surface area (Å²) in [5, 5.41) is 0.920. The Morgan fingerprint density at radius 1 is 0.769 bits per heavy atom. The van der Waals surface area contributed by atoms with E-state index in [1.165, 1.54) is 11.2 Å². The van der Waals surface area contributed by atoms with E-state index in [1.807, 2.05) is 30.5 Å². The second-order valence-electron chi connectivity index (χ2n) is 5.78. The van der Waals surface area contributed by atoms with Gasteiger partial charge in [-0.2, -0.15) is 0 Å². The molecule has 0 aliphatic carbocycles. The highest BCUT2D eigenvalue weighted by Crippen LogP contribution is 2.32. The largest absolute Gasteiger partial charge is 0.241 e. The third-order valence-corrected chi connectivity index (χ3v) is 6.60. The highest BCUT2D eigenvalue weighted by atomic mass is 32.2. The molecule has 0 unspecified atom stereocenters. The molecule has 0 atom stereocenters. The molecular weight excluding hydrogens is 382 g/mol. The summed E-state index contributed by atoms with van der Waals surface area (Å²) in [6.07, 6.45) is 5.27. The number of nitrogens with zero attached hydrogens (tertiary/aromatic N) is 1. The van der Waals surface area contributed by atoms with Gasteiger partial charge in [0.05, 0.1) is 10.6 Å². The number of sulfone groups is 1. The Kier molecular flexibility index (Phi) is 5.75. The van der Waals surface area contributed by atoms with Gasteiger partial charge in [-0.25, -0.2) is 13.4 Å². The van der Waals surface area contributed by atoms with Crippen molar-refractivity contribution in [3.63, 3.8) is 0 Å². The fourth-order valence-electron chi connectivity index (χ4n) is 2.62. The molecule has 6 heteroatoms. The average molecular weight is 402 g/mol. The SMILES string of the molecule is CSc1ccc(-c2ccc(-c3ccc(S(C)(=O)=O)cc3)c(SC)n2)cc1. The van der Waals surface area contributed by atoms with Crippen LogP contribution in [0.4, 0.5) is 0 Å². The van der Waals surface area contributed by atoms with Crippen LogP contribution in [0, 0.1) is 0 Å². The normalized spacial score (nSPS) is 11.5. The highest BCUT2D eigenvalue weighted by molar-refractivity contribution is 7.98. The molecule has 0 radical (unpaired) electrons. The molecule has 0 saturated carbocycles. The van der Waals surface area contributed by atoms with Crippen LogP contribution < -0.4 is 0 Å². The summed E-state index contributed by atoms with van der Waals surface area (Å²) in [6, 6.07) is 19.4. The van der Waals surface area contributed by atoms with Crippen LogP contribution in [0.3, 0.4) is 0 Å². The van der Waals surface area contributed by atoms with Crippen molar-refractivity contribution in [2.45, 2.75) is 14.8 Å². The van der Waals surface area contributed by atoms with Crippen molar-refractivity contribution in [1.82, 2.24) is 4.98 Å². The summed E-state index contributed by atoms with van der Waals surface area (Å²) >= 11 is 3.30. The molecule has 134 valence electrons. The zero-order valence-electron chi connectivity index (χ0n) is 14.8. The van der Waals surface area contributed by atoms with E-state index in [2.05, 4.69) is 30.5 Å². The van der Waals surface area contributed by atoms with E-state index in [4.69, 9.17) is 4.98 Å². The van der Waals surface area contributed by atoms with Gasteiger partial charge in [0.25, 0.3) is 0 Å². The average Bonchev–Trinajstić information content (AvgIpc) is 2.67. The summed E-state index contributed by atoms with van der Waals surface area (Å²) < 4.78 is 23.3. The quantitative estimate of drug-likeness (QED) is 0.546. The Hall–Kier alpha value is -1.76. The van der Waals surface area contributed by atoms with Gasteiger partial charge in [-0.05, 0) is 54.5 Å². The number of hydrogen-bond donors (Lipinski definition) is 0. The van der Waals surface area contributed by atoms with Crippen LogP contribution in [0.25, 0.3) is 22.4 Å². The summed E-state index contributed by atoms with van der Waals surface area (Å²) in [7, 11) is -3.19. The van der Waals surface area contributed by atoms with E-state index in [0.29, 0.717) is 4.90 Å². The zero-order chi connectivity index (χ0) is 18.7. The smallest absolute Gasteiger partial charge is 0.175 e. The molecule has 3 rings (SSSR count). The topological polar surface area (TPSA) is 47.0 Å². The van der Waals surface area contributed by atoms with Gasteiger partial charge in [0, 0.05) is 22.3 Å². The Morgan fingerprint density at radius 2 is 1.38 bits per heavy atom. The summed E-state index contributed by atoms with van der Waals surface area (Å²) in [5.74, 6) is 0. The molecule has 0 amide bonds. The maximum atomic E-state index is 11.6. The molecule has 0 saturated heterocycles. The molecule has 3 nitrogen and oxygen atoms in total. The number of thioether (sulfide) groups is 2. The molecule has 0 bridgehead atoms. The van der Waals surface area contributed by atoms with Crippen molar-refractivity contribution < 1.29 is 8.42 Å². The van der Waals surface area contributed by atoms with E-state index < -0.39 is 9.84 Å². The van der Waals surface area contributed by atoms with Gasteiger partial charge < -0.3 is 0 Å². The number of rotatable bonds is 5. The molecule has 26 heavy (non-hydrogen) atoms. The Morgan fingerprint density at radius 3 is 1.92 bits per heavy atom. The Labute approximate surface area is 163 Å². The first kappa shape index (κ1) is 19.0. The third-order valence-electron chi connectivity index (χ3n) is 4.03. The van der Waals surface area contributed by atoms with Crippen LogP contribution in [0.2, 0.25) is 0 Å². The van der Waals surface area contributed by atoms with Crippen LogP contribution in [0.1, 0.15) is 0 Å². The van der Waals surface area contributed by atoms with E-state index in [9.17, 15) is 8.42 Å². The Bertz CT molecular complexity index is 1010. The molecule has 3 aromatic rings. The predicted octanol–water partition coefficient (Wildman–Crippen LogP) is 5.26. The zero-order valence-corrected chi connectivity index (χ0v) is 17.2. The Balaban J connectivity index is 1.98. The second kappa shape index (κ2) is 7.86. The lowest BCUT2D eigenvalue weighted by Gasteiger charge is -2.10. The first-order chi connectivity index (χ1) is 12.4. The molecule has 0 spiro atoms. The van der Waals surface area contributed by atoms with Gasteiger partial charge in [-0.3, -0.25) is 0 Å². The fraction of sp³-hybridized carbons (Fsp3) is 0.150. The van der Waals surface area contributed by atoms with Crippen molar-refractivity contribution in [3.8, 4) is 22.4 Å². The van der Waals surface area contributed by atoms with Gasteiger partial charge in [-0.15, -0.1) is 23.5 Å². The van der Waals surface area contributed by atoms with Crippen molar-refractivity contribution >= 4 is 33.4 Å². The van der Waals surface area contributed by atoms with Gasteiger partial charge in [-0.1, -0.05) is 24.3 Å². The van der Waals surface area contributed by atoms with Crippen LogP contribution in [0.5, 0.6) is 0 Å². The number of aromatic nitrogens is 1. The van der Waals surface area contributed by atoms with E-state index in [-0.39, 0.29) is 0 Å². The summed E-state index contributed by atoms with van der Waals surface area (Å²) in [4.78, 5) is 6.35. The maximum absolute atomic E-state index is 11.6. The molecule has 1 heterocycles. The number of hydrogen-bond acceptors (Lipinski definition) is 5. The predicted molar refractivity (Wildman–Crippen MR) is 112 cm³/mol. The molecule has 2 aromatic carbocycles. The van der Waals surface area contributed by atoms with E-state index >= 15 is 0 Å². The molecule has 1 aromatic heterocycles. The lowest BCUT2D eigenvalue weighted by molar-refractivity contribution is 0.602. The third kappa shape index (κ3) is 4.14. The number of benzene rings is 2. The molecule has 0 N–H and O–H groups in total. The monoisotopic (exact) mass is 401 g/mol. The van der Waals surface area contributed by atoms with Gasteiger partial charge >= 0.3 is 0 Å². The van der Waals surface area contributed by atoms with Crippen molar-refractivity contribution in [2.24, 2.45) is 0 Å². The minimum atomic E-state index is -3.19. The minimum Gasteiger partial charge on any atom is -0.241 e. The van der Waals surface area contributed by atoms with Crippen LogP contribution in [-0.2, 0) is 9.84 Å². The first-order valence-electron chi connectivity index (χ1n) is 7.92. The van der Waals surface area contributed by atoms with Crippen LogP contribution in [0.15, 0.2) is 75.5 Å². The van der Waals surface area contributed by atoms with Gasteiger partial charge in [0.15, 0.2) is 9.84 Å². The maximum Gasteiger partial charge on any atom is 0.175 e.